The number of anilines is 1. The Balaban J connectivity index is 1.84. The topological polar surface area (TPSA) is 66.5 Å². The molecule has 1 amide bonds. The van der Waals surface area contributed by atoms with E-state index in [0.29, 0.717) is 10.7 Å². The van der Waals surface area contributed by atoms with Crippen LogP contribution < -0.4 is 9.62 Å². The van der Waals surface area contributed by atoms with E-state index in [1.165, 1.54) is 29.8 Å². The maximum absolute atomic E-state index is 13.5. The van der Waals surface area contributed by atoms with Crippen LogP contribution in [0.5, 0.6) is 0 Å². The van der Waals surface area contributed by atoms with Crippen molar-refractivity contribution in [2.75, 3.05) is 10.8 Å². The van der Waals surface area contributed by atoms with E-state index in [1.54, 1.807) is 12.1 Å². The normalized spacial score (nSPS) is 12.8. The van der Waals surface area contributed by atoms with Crippen LogP contribution in [0.25, 0.3) is 0 Å². The van der Waals surface area contributed by atoms with Crippen LogP contribution in [0.3, 0.4) is 0 Å². The highest BCUT2D eigenvalue weighted by Crippen LogP contribution is 2.26. The monoisotopic (exact) mass is 498 g/mol. The number of carbonyl (C=O) groups excluding carboxylic acids is 1. The minimum absolute atomic E-state index is 0.0373. The molecule has 3 rings (SSSR count). The Morgan fingerprint density at radius 3 is 2.03 bits per heavy atom. The van der Waals surface area contributed by atoms with Gasteiger partial charge in [-0.15, -0.1) is 0 Å². The van der Waals surface area contributed by atoms with Crippen LogP contribution in [0.2, 0.25) is 5.02 Å². The molecule has 0 fully saturated rings. The second-order valence-corrected chi connectivity index (χ2v) is 11.8. The summed E-state index contributed by atoms with van der Waals surface area (Å²) in [6.07, 6.45) is 0. The summed E-state index contributed by atoms with van der Waals surface area (Å²) in [7, 11) is -3.99. The number of hydrogen-bond acceptors (Lipinski definition) is 3. The fourth-order valence-electron chi connectivity index (χ4n) is 3.53. The zero-order valence-electron chi connectivity index (χ0n) is 20.2. The minimum atomic E-state index is -3.99. The Kier molecular flexibility index (Phi) is 7.74. The van der Waals surface area contributed by atoms with E-state index in [0.717, 1.165) is 15.4 Å². The lowest BCUT2D eigenvalue weighted by Gasteiger charge is -2.25. The van der Waals surface area contributed by atoms with Crippen molar-refractivity contribution in [3.63, 3.8) is 0 Å². The molecule has 0 heterocycles. The number of nitrogens with one attached hydrogen (secondary N) is 1. The SMILES string of the molecule is Cc1ccc(N(CC(=O)N[C@H](C)c2ccc(C(C)(C)C)cc2)S(=O)(=O)c2ccc(Cl)cc2)cc1. The van der Waals surface area contributed by atoms with Gasteiger partial charge >= 0.3 is 0 Å². The summed E-state index contributed by atoms with van der Waals surface area (Å²) in [6.45, 7) is 9.89. The van der Waals surface area contributed by atoms with E-state index in [4.69, 9.17) is 11.6 Å². The molecular formula is C27H31ClN2O3S. The van der Waals surface area contributed by atoms with Crippen LogP contribution in [0.1, 0.15) is 50.4 Å². The van der Waals surface area contributed by atoms with E-state index in [1.807, 2.05) is 38.1 Å². The van der Waals surface area contributed by atoms with Gasteiger partial charge in [0.2, 0.25) is 5.91 Å². The van der Waals surface area contributed by atoms with Gasteiger partial charge in [0.25, 0.3) is 10.0 Å². The first-order chi connectivity index (χ1) is 15.9. The van der Waals surface area contributed by atoms with Gasteiger partial charge in [-0.25, -0.2) is 8.42 Å². The fourth-order valence-corrected chi connectivity index (χ4v) is 5.08. The molecule has 1 N–H and O–H groups in total. The summed E-state index contributed by atoms with van der Waals surface area (Å²) in [4.78, 5) is 13.1. The minimum Gasteiger partial charge on any atom is -0.348 e. The van der Waals surface area contributed by atoms with Crippen molar-refractivity contribution < 1.29 is 13.2 Å². The second kappa shape index (κ2) is 10.2. The number of aryl methyl sites for hydroxylation is 1. The lowest BCUT2D eigenvalue weighted by molar-refractivity contribution is -0.120. The third-order valence-corrected chi connectivity index (χ3v) is 7.71. The first-order valence-electron chi connectivity index (χ1n) is 11.1. The van der Waals surface area contributed by atoms with E-state index >= 15 is 0 Å². The summed E-state index contributed by atoms with van der Waals surface area (Å²) in [5.74, 6) is -0.398. The van der Waals surface area contributed by atoms with Crippen molar-refractivity contribution in [3.8, 4) is 0 Å². The van der Waals surface area contributed by atoms with Gasteiger partial charge in [-0.3, -0.25) is 9.10 Å². The molecular weight excluding hydrogens is 468 g/mol. The maximum Gasteiger partial charge on any atom is 0.264 e. The van der Waals surface area contributed by atoms with Crippen LogP contribution >= 0.6 is 11.6 Å². The summed E-state index contributed by atoms with van der Waals surface area (Å²) in [6, 6.07) is 20.8. The molecule has 0 spiro atoms. The summed E-state index contributed by atoms with van der Waals surface area (Å²) < 4.78 is 28.0. The first kappa shape index (κ1) is 25.8. The standard InChI is InChI=1S/C27H31ClN2O3S/c1-19-6-14-24(15-7-19)30(34(32,33)25-16-12-23(28)13-17-25)18-26(31)29-20(2)21-8-10-22(11-9-21)27(3,4)5/h6-17,20H,18H2,1-5H3,(H,29,31)/t20-/m1/s1. The number of hydrogen-bond donors (Lipinski definition) is 1. The van der Waals surface area contributed by atoms with Gasteiger partial charge < -0.3 is 5.32 Å². The molecule has 5 nitrogen and oxygen atoms in total. The van der Waals surface area contributed by atoms with Crippen molar-refractivity contribution in [2.24, 2.45) is 0 Å². The molecule has 0 radical (unpaired) electrons. The highest BCUT2D eigenvalue weighted by atomic mass is 35.5. The zero-order chi connectivity index (χ0) is 25.1. The molecule has 0 saturated carbocycles. The predicted molar refractivity (Wildman–Crippen MR) is 139 cm³/mol. The van der Waals surface area contributed by atoms with Crippen LogP contribution in [-0.4, -0.2) is 20.9 Å². The molecule has 0 aliphatic carbocycles. The Morgan fingerprint density at radius 1 is 0.941 bits per heavy atom. The van der Waals surface area contributed by atoms with Crippen molar-refractivity contribution in [1.29, 1.82) is 0 Å². The van der Waals surface area contributed by atoms with Crippen LogP contribution in [0.4, 0.5) is 5.69 Å². The first-order valence-corrected chi connectivity index (χ1v) is 12.9. The smallest absolute Gasteiger partial charge is 0.264 e. The number of nitrogens with zero attached hydrogens (tertiary/aromatic N) is 1. The lowest BCUT2D eigenvalue weighted by Crippen LogP contribution is -2.41. The van der Waals surface area contributed by atoms with Crippen LogP contribution in [-0.2, 0) is 20.2 Å². The van der Waals surface area contributed by atoms with Crippen LogP contribution in [0.15, 0.2) is 77.7 Å². The largest absolute Gasteiger partial charge is 0.348 e. The second-order valence-electron chi connectivity index (χ2n) is 9.46. The van der Waals surface area contributed by atoms with Crippen molar-refractivity contribution in [2.45, 2.75) is 51.0 Å². The van der Waals surface area contributed by atoms with E-state index in [-0.39, 0.29) is 22.9 Å². The Hall–Kier alpha value is -2.83. The summed E-state index contributed by atoms with van der Waals surface area (Å²) in [5, 5.41) is 3.37. The Bertz CT molecular complexity index is 1230. The van der Waals surface area contributed by atoms with E-state index < -0.39 is 15.9 Å². The number of benzene rings is 3. The van der Waals surface area contributed by atoms with Crippen LogP contribution in [0, 0.1) is 6.92 Å². The number of amides is 1. The highest BCUT2D eigenvalue weighted by molar-refractivity contribution is 7.92. The zero-order valence-corrected chi connectivity index (χ0v) is 21.7. The summed E-state index contributed by atoms with van der Waals surface area (Å²) in [5.41, 5.74) is 3.59. The van der Waals surface area contributed by atoms with Gasteiger partial charge in [0.05, 0.1) is 16.6 Å². The molecule has 0 aromatic heterocycles. The van der Waals surface area contributed by atoms with E-state index in [9.17, 15) is 13.2 Å². The third kappa shape index (κ3) is 6.19. The molecule has 34 heavy (non-hydrogen) atoms. The predicted octanol–water partition coefficient (Wildman–Crippen LogP) is 6.02. The highest BCUT2D eigenvalue weighted by Gasteiger charge is 2.28. The third-order valence-electron chi connectivity index (χ3n) is 5.67. The molecule has 0 saturated heterocycles. The van der Waals surface area contributed by atoms with Crippen molar-refractivity contribution in [3.05, 3.63) is 94.5 Å². The van der Waals surface area contributed by atoms with Crippen molar-refractivity contribution in [1.82, 2.24) is 5.32 Å². The van der Waals surface area contributed by atoms with Gasteiger partial charge in [-0.05, 0) is 66.8 Å². The Labute approximate surface area is 207 Å². The number of rotatable bonds is 7. The maximum atomic E-state index is 13.5. The average Bonchev–Trinajstić information content (AvgIpc) is 2.78. The average molecular weight is 499 g/mol. The number of halogens is 1. The lowest BCUT2D eigenvalue weighted by atomic mass is 9.86. The molecule has 0 unspecified atom stereocenters. The Morgan fingerprint density at radius 2 is 1.50 bits per heavy atom. The number of carbonyl (C=O) groups is 1. The van der Waals surface area contributed by atoms with E-state index in [2.05, 4.69) is 38.2 Å². The molecule has 0 aliphatic rings. The number of sulfonamides is 1. The van der Waals surface area contributed by atoms with Gasteiger partial charge in [0.15, 0.2) is 0 Å². The fraction of sp³-hybridized carbons (Fsp3) is 0.296. The van der Waals surface area contributed by atoms with Gasteiger partial charge in [-0.1, -0.05) is 74.3 Å². The molecule has 3 aromatic carbocycles. The molecule has 0 aliphatic heterocycles. The summed E-state index contributed by atoms with van der Waals surface area (Å²) >= 11 is 5.94. The quantitative estimate of drug-likeness (QED) is 0.433. The van der Waals surface area contributed by atoms with Gasteiger partial charge in [0, 0.05) is 5.02 Å². The van der Waals surface area contributed by atoms with Gasteiger partial charge in [0.1, 0.15) is 6.54 Å². The molecule has 7 heteroatoms. The molecule has 180 valence electrons. The molecule has 1 atom stereocenters. The van der Waals surface area contributed by atoms with Gasteiger partial charge in [-0.2, -0.15) is 0 Å². The molecule has 3 aromatic rings. The molecule has 0 bridgehead atoms. The van der Waals surface area contributed by atoms with Crippen molar-refractivity contribution >= 4 is 33.2 Å².